The molecule has 1 atom stereocenters. The van der Waals surface area contributed by atoms with Gasteiger partial charge in [0, 0.05) is 26.6 Å². The lowest BCUT2D eigenvalue weighted by atomic mass is 10.1. The third-order valence-corrected chi connectivity index (χ3v) is 2.55. The zero-order valence-corrected chi connectivity index (χ0v) is 10.2. The fraction of sp³-hybridized carbons (Fsp3) is 0.667. The molecule has 0 spiro atoms. The Balaban J connectivity index is 2.43. The summed E-state index contributed by atoms with van der Waals surface area (Å²) in [5.41, 5.74) is 5.02. The zero-order chi connectivity index (χ0) is 14.5. The van der Waals surface area contributed by atoms with Crippen molar-refractivity contribution in [3.8, 4) is 0 Å². The van der Waals surface area contributed by atoms with Crippen LogP contribution in [-0.4, -0.2) is 45.1 Å². The molecule has 1 unspecified atom stereocenters. The highest BCUT2D eigenvalue weighted by Gasteiger charge is 2.42. The van der Waals surface area contributed by atoms with Gasteiger partial charge in [-0.25, -0.2) is 0 Å². The molecule has 0 amide bonds. The van der Waals surface area contributed by atoms with E-state index in [0.717, 1.165) is 0 Å². The Labute approximate surface area is 107 Å². The van der Waals surface area contributed by atoms with Crippen molar-refractivity contribution in [2.24, 2.45) is 23.9 Å². The van der Waals surface area contributed by atoms with Gasteiger partial charge >= 0.3 is 6.18 Å². The first kappa shape index (κ1) is 15.2. The van der Waals surface area contributed by atoms with Gasteiger partial charge in [-0.3, -0.25) is 0 Å². The van der Waals surface area contributed by atoms with Crippen molar-refractivity contribution in [3.63, 3.8) is 0 Å². The number of hydrogen-bond donors (Lipinski definition) is 3. The van der Waals surface area contributed by atoms with E-state index in [-0.39, 0.29) is 6.54 Å². The number of nitrogens with one attached hydrogen (secondary N) is 1. The zero-order valence-electron chi connectivity index (χ0n) is 10.2. The third kappa shape index (κ3) is 4.39. The Bertz CT molecular complexity index is 430. The van der Waals surface area contributed by atoms with E-state index in [4.69, 9.17) is 10.9 Å². The molecule has 1 heterocycles. The minimum Gasteiger partial charge on any atom is -0.409 e. The molecule has 0 aromatic carbocycles. The Morgan fingerprint density at radius 1 is 1.63 bits per heavy atom. The van der Waals surface area contributed by atoms with Crippen LogP contribution < -0.4 is 11.1 Å². The van der Waals surface area contributed by atoms with Crippen molar-refractivity contribution in [1.29, 1.82) is 0 Å². The molecule has 1 aromatic rings. The molecule has 0 aliphatic rings. The van der Waals surface area contributed by atoms with Gasteiger partial charge < -0.3 is 20.8 Å². The second-order valence-electron chi connectivity index (χ2n) is 3.93. The number of nitrogens with two attached hydrogens (primary N) is 1. The Kier molecular flexibility index (Phi) is 5.10. The Hall–Kier alpha value is -1.84. The number of oxime groups is 1. The number of nitrogens with zero attached hydrogens (tertiary/aromatic N) is 4. The van der Waals surface area contributed by atoms with E-state index in [9.17, 15) is 13.2 Å². The topological polar surface area (TPSA) is 101 Å². The summed E-state index contributed by atoms with van der Waals surface area (Å²) in [6, 6.07) is 0. The van der Waals surface area contributed by atoms with E-state index in [1.807, 2.05) is 0 Å². The van der Waals surface area contributed by atoms with Crippen LogP contribution in [-0.2, 0) is 13.5 Å². The van der Waals surface area contributed by atoms with Crippen LogP contribution in [0.15, 0.2) is 11.5 Å². The van der Waals surface area contributed by atoms with Gasteiger partial charge in [0.1, 0.15) is 18.1 Å². The van der Waals surface area contributed by atoms with E-state index in [1.54, 1.807) is 11.6 Å². The van der Waals surface area contributed by atoms with Gasteiger partial charge in [0.15, 0.2) is 5.84 Å². The summed E-state index contributed by atoms with van der Waals surface area (Å²) in [4.78, 5) is 0. The summed E-state index contributed by atoms with van der Waals surface area (Å²) in [5, 5.41) is 20.8. The average Bonchev–Trinajstić information content (AvgIpc) is 2.72. The molecule has 108 valence electrons. The van der Waals surface area contributed by atoms with Gasteiger partial charge in [0.05, 0.1) is 0 Å². The predicted octanol–water partition coefficient (Wildman–Crippen LogP) is -0.128. The summed E-state index contributed by atoms with van der Waals surface area (Å²) < 4.78 is 39.4. The lowest BCUT2D eigenvalue weighted by Gasteiger charge is -2.19. The molecule has 0 fully saturated rings. The van der Waals surface area contributed by atoms with Crippen molar-refractivity contribution < 1.29 is 18.4 Å². The number of alkyl halides is 3. The normalized spacial score (nSPS) is 14.6. The number of aryl methyl sites for hydroxylation is 1. The van der Waals surface area contributed by atoms with Gasteiger partial charge in [0.25, 0.3) is 0 Å². The molecular weight excluding hydrogens is 265 g/mol. The number of aromatic nitrogens is 3. The summed E-state index contributed by atoms with van der Waals surface area (Å²) in [6.45, 7) is -0.185. The molecule has 1 rings (SSSR count). The smallest absolute Gasteiger partial charge is 0.400 e. The Morgan fingerprint density at radius 2 is 2.32 bits per heavy atom. The van der Waals surface area contributed by atoms with Crippen LogP contribution >= 0.6 is 0 Å². The first-order chi connectivity index (χ1) is 8.86. The minimum absolute atomic E-state index is 0.276. The maximum absolute atomic E-state index is 12.6. The maximum Gasteiger partial charge on any atom is 0.400 e. The fourth-order valence-corrected chi connectivity index (χ4v) is 1.44. The minimum atomic E-state index is -4.56. The van der Waals surface area contributed by atoms with Gasteiger partial charge in [-0.2, -0.15) is 13.2 Å². The number of amidine groups is 1. The van der Waals surface area contributed by atoms with E-state index in [2.05, 4.69) is 20.7 Å². The van der Waals surface area contributed by atoms with Crippen molar-refractivity contribution in [1.82, 2.24) is 20.1 Å². The van der Waals surface area contributed by atoms with Crippen LogP contribution in [0, 0.1) is 5.92 Å². The predicted molar refractivity (Wildman–Crippen MR) is 60.5 cm³/mol. The molecule has 0 saturated carbocycles. The van der Waals surface area contributed by atoms with Crippen LogP contribution in [0.1, 0.15) is 5.82 Å². The van der Waals surface area contributed by atoms with E-state index in [0.29, 0.717) is 12.2 Å². The first-order valence-corrected chi connectivity index (χ1v) is 5.44. The molecule has 4 N–H and O–H groups in total. The van der Waals surface area contributed by atoms with Crippen LogP contribution in [0.25, 0.3) is 0 Å². The van der Waals surface area contributed by atoms with Gasteiger partial charge in [-0.15, -0.1) is 10.2 Å². The molecule has 7 nitrogen and oxygen atoms in total. The van der Waals surface area contributed by atoms with Crippen LogP contribution in [0.3, 0.4) is 0 Å². The number of hydrogen-bond acceptors (Lipinski definition) is 5. The average molecular weight is 280 g/mol. The highest BCUT2D eigenvalue weighted by Crippen LogP contribution is 2.25. The van der Waals surface area contributed by atoms with Crippen molar-refractivity contribution in [3.05, 3.63) is 12.2 Å². The maximum atomic E-state index is 12.6. The molecule has 0 saturated heterocycles. The Morgan fingerprint density at radius 3 is 2.79 bits per heavy atom. The molecule has 0 bridgehead atoms. The lowest BCUT2D eigenvalue weighted by molar-refractivity contribution is -0.154. The van der Waals surface area contributed by atoms with Gasteiger partial charge in [-0.05, 0) is 0 Å². The lowest BCUT2D eigenvalue weighted by Crippen LogP contribution is -2.43. The monoisotopic (exact) mass is 280 g/mol. The number of halogens is 3. The molecule has 19 heavy (non-hydrogen) atoms. The fourth-order valence-electron chi connectivity index (χ4n) is 1.44. The molecule has 1 aromatic heterocycles. The first-order valence-electron chi connectivity index (χ1n) is 5.44. The van der Waals surface area contributed by atoms with Gasteiger partial charge in [-0.1, -0.05) is 5.16 Å². The number of rotatable bonds is 6. The van der Waals surface area contributed by atoms with E-state index < -0.39 is 24.5 Å². The highest BCUT2D eigenvalue weighted by molar-refractivity contribution is 5.83. The second-order valence-corrected chi connectivity index (χ2v) is 3.93. The largest absolute Gasteiger partial charge is 0.409 e. The third-order valence-electron chi connectivity index (χ3n) is 2.55. The molecule has 0 aliphatic carbocycles. The molecule has 10 heteroatoms. The molecule has 0 aliphatic heterocycles. The quantitative estimate of drug-likeness (QED) is 0.221. The van der Waals surface area contributed by atoms with Crippen LogP contribution in [0.5, 0.6) is 0 Å². The van der Waals surface area contributed by atoms with Crippen LogP contribution in [0.2, 0.25) is 0 Å². The van der Waals surface area contributed by atoms with E-state index >= 15 is 0 Å². The van der Waals surface area contributed by atoms with Crippen molar-refractivity contribution in [2.75, 3.05) is 13.1 Å². The van der Waals surface area contributed by atoms with Crippen molar-refractivity contribution in [2.45, 2.75) is 12.6 Å². The van der Waals surface area contributed by atoms with Gasteiger partial charge in [0.2, 0.25) is 0 Å². The summed E-state index contributed by atoms with van der Waals surface area (Å²) in [5.74, 6) is -2.23. The van der Waals surface area contributed by atoms with Crippen molar-refractivity contribution >= 4 is 5.84 Å². The van der Waals surface area contributed by atoms with E-state index in [1.165, 1.54) is 6.33 Å². The molecular formula is C9H15F3N6O. The summed E-state index contributed by atoms with van der Waals surface area (Å²) >= 11 is 0. The standard InChI is InChI=1S/C9H15F3N6O/c1-18-5-15-16-7(18)2-3-14-4-6(8(13)17-19)9(10,11)12/h5-6,14,19H,2-4H2,1H3,(H2,13,17). The summed E-state index contributed by atoms with van der Waals surface area (Å²) in [7, 11) is 1.74. The summed E-state index contributed by atoms with van der Waals surface area (Å²) in [6.07, 6.45) is -2.63. The SMILES string of the molecule is Cn1cnnc1CCNCC(C(N)=NO)C(F)(F)F. The van der Waals surface area contributed by atoms with Crippen LogP contribution in [0.4, 0.5) is 13.2 Å². The molecule has 0 radical (unpaired) electrons. The second kappa shape index (κ2) is 6.36. The highest BCUT2D eigenvalue weighted by atomic mass is 19.4.